The number of nitrogens with zero attached hydrogens (tertiary/aromatic N) is 1. The second-order valence-electron chi connectivity index (χ2n) is 4.98. The van der Waals surface area contributed by atoms with Gasteiger partial charge in [-0.3, -0.25) is 9.52 Å². The van der Waals surface area contributed by atoms with Gasteiger partial charge in [0.2, 0.25) is 5.91 Å². The molecule has 0 spiro atoms. The summed E-state index contributed by atoms with van der Waals surface area (Å²) >= 11 is 1.17. The van der Waals surface area contributed by atoms with Gasteiger partial charge >= 0.3 is 0 Å². The van der Waals surface area contributed by atoms with Crippen molar-refractivity contribution in [3.05, 3.63) is 47.3 Å². The minimum absolute atomic E-state index is 0.0712. The van der Waals surface area contributed by atoms with Gasteiger partial charge in [0, 0.05) is 18.8 Å². The fourth-order valence-corrected chi connectivity index (χ4v) is 4.23. The molecule has 5 nitrogen and oxygen atoms in total. The zero-order chi connectivity index (χ0) is 16.9. The number of carbonyl (C=O) groups excluding carboxylic acids is 1. The van der Waals surface area contributed by atoms with E-state index in [1.807, 2.05) is 13.8 Å². The molecule has 0 aliphatic carbocycles. The van der Waals surface area contributed by atoms with Crippen LogP contribution in [0.25, 0.3) is 0 Å². The molecule has 0 bridgehead atoms. The van der Waals surface area contributed by atoms with Gasteiger partial charge in [-0.1, -0.05) is 18.2 Å². The van der Waals surface area contributed by atoms with Crippen LogP contribution in [0.15, 0.2) is 46.0 Å². The van der Waals surface area contributed by atoms with Crippen LogP contribution in [0, 0.1) is 0 Å². The Morgan fingerprint density at radius 2 is 1.78 bits per heavy atom. The lowest BCUT2D eigenvalue weighted by Crippen LogP contribution is -2.31. The third-order valence-electron chi connectivity index (χ3n) is 3.44. The Morgan fingerprint density at radius 3 is 2.30 bits per heavy atom. The van der Waals surface area contributed by atoms with Crippen LogP contribution in [0.1, 0.15) is 19.4 Å². The molecule has 0 saturated heterocycles. The highest BCUT2D eigenvalue weighted by molar-refractivity contribution is 7.94. The summed E-state index contributed by atoms with van der Waals surface area (Å²) in [5.41, 5.74) is 1.35. The summed E-state index contributed by atoms with van der Waals surface area (Å²) in [6, 6.07) is 10.2. The number of carbonyl (C=O) groups is 1. The molecule has 23 heavy (non-hydrogen) atoms. The first-order valence-corrected chi connectivity index (χ1v) is 9.75. The minimum atomic E-state index is -3.53. The minimum Gasteiger partial charge on any atom is -0.343 e. The smallest absolute Gasteiger partial charge is 0.271 e. The molecule has 1 N–H and O–H groups in total. The fraction of sp³-hybridized carbons (Fsp3) is 0.312. The number of likely N-dealkylation sites (N-methyl/N-ethyl adjacent to an activating group) is 1. The molecule has 1 heterocycles. The SMILES string of the molecule is CCN(CC)C(=O)Cc1ccc(NS(=O)(=O)c2cccs2)cc1. The summed E-state index contributed by atoms with van der Waals surface area (Å²) in [5, 5.41) is 1.72. The van der Waals surface area contributed by atoms with E-state index in [0.29, 0.717) is 25.2 Å². The molecule has 2 aromatic rings. The van der Waals surface area contributed by atoms with Crippen molar-refractivity contribution in [1.82, 2.24) is 4.90 Å². The fourth-order valence-electron chi connectivity index (χ4n) is 2.18. The summed E-state index contributed by atoms with van der Waals surface area (Å²) < 4.78 is 27.1. The van der Waals surface area contributed by atoms with Crippen molar-refractivity contribution < 1.29 is 13.2 Å². The van der Waals surface area contributed by atoms with Crippen LogP contribution in [0.5, 0.6) is 0 Å². The zero-order valence-electron chi connectivity index (χ0n) is 13.2. The van der Waals surface area contributed by atoms with Crippen LogP contribution in [0.3, 0.4) is 0 Å². The van der Waals surface area contributed by atoms with E-state index in [2.05, 4.69) is 4.72 Å². The van der Waals surface area contributed by atoms with Crippen molar-refractivity contribution in [3.8, 4) is 0 Å². The van der Waals surface area contributed by atoms with Gasteiger partial charge in [-0.25, -0.2) is 8.42 Å². The molecule has 1 amide bonds. The van der Waals surface area contributed by atoms with E-state index in [1.165, 1.54) is 11.3 Å². The third-order valence-corrected chi connectivity index (χ3v) is 6.22. The molecule has 0 aliphatic rings. The van der Waals surface area contributed by atoms with Gasteiger partial charge in [0.15, 0.2) is 0 Å². The van der Waals surface area contributed by atoms with Crippen molar-refractivity contribution in [2.24, 2.45) is 0 Å². The lowest BCUT2D eigenvalue weighted by Gasteiger charge is -2.18. The van der Waals surface area contributed by atoms with Crippen LogP contribution in [-0.4, -0.2) is 32.3 Å². The highest BCUT2D eigenvalue weighted by Gasteiger charge is 2.15. The molecule has 0 aliphatic heterocycles. The van der Waals surface area contributed by atoms with E-state index in [-0.39, 0.29) is 10.1 Å². The molecule has 0 unspecified atom stereocenters. The van der Waals surface area contributed by atoms with Gasteiger partial charge in [-0.15, -0.1) is 11.3 Å². The third kappa shape index (κ3) is 4.56. The van der Waals surface area contributed by atoms with Gasteiger partial charge < -0.3 is 4.90 Å². The monoisotopic (exact) mass is 352 g/mol. The number of sulfonamides is 1. The molecule has 0 radical (unpaired) electrons. The summed E-state index contributed by atoms with van der Waals surface area (Å²) in [6.45, 7) is 5.27. The largest absolute Gasteiger partial charge is 0.343 e. The van der Waals surface area contributed by atoms with Crippen molar-refractivity contribution in [1.29, 1.82) is 0 Å². The number of thiophene rings is 1. The summed E-state index contributed by atoms with van der Waals surface area (Å²) in [5.74, 6) is 0.0712. The van der Waals surface area contributed by atoms with E-state index >= 15 is 0 Å². The number of hydrogen-bond donors (Lipinski definition) is 1. The molecular formula is C16H20N2O3S2. The number of rotatable bonds is 7. The van der Waals surface area contributed by atoms with E-state index in [9.17, 15) is 13.2 Å². The Labute approximate surface area is 141 Å². The number of benzene rings is 1. The molecule has 0 atom stereocenters. The Morgan fingerprint density at radius 1 is 1.13 bits per heavy atom. The van der Waals surface area contributed by atoms with Crippen LogP contribution in [-0.2, 0) is 21.2 Å². The highest BCUT2D eigenvalue weighted by Crippen LogP contribution is 2.20. The van der Waals surface area contributed by atoms with E-state index in [4.69, 9.17) is 0 Å². The molecule has 1 aromatic carbocycles. The number of hydrogen-bond acceptors (Lipinski definition) is 4. The predicted molar refractivity (Wildman–Crippen MR) is 93.2 cm³/mol. The van der Waals surface area contributed by atoms with Crippen molar-refractivity contribution in [3.63, 3.8) is 0 Å². The average molecular weight is 352 g/mol. The van der Waals surface area contributed by atoms with Crippen molar-refractivity contribution >= 4 is 33.0 Å². The topological polar surface area (TPSA) is 66.5 Å². The van der Waals surface area contributed by atoms with Crippen molar-refractivity contribution in [2.45, 2.75) is 24.5 Å². The first-order valence-electron chi connectivity index (χ1n) is 7.39. The van der Waals surface area contributed by atoms with E-state index in [1.54, 1.807) is 46.7 Å². The molecular weight excluding hydrogens is 332 g/mol. The maximum absolute atomic E-state index is 12.1. The lowest BCUT2D eigenvalue weighted by molar-refractivity contribution is -0.130. The highest BCUT2D eigenvalue weighted by atomic mass is 32.2. The van der Waals surface area contributed by atoms with Gasteiger partial charge in [0.25, 0.3) is 10.0 Å². The standard InChI is InChI=1S/C16H20N2O3S2/c1-3-18(4-2)15(19)12-13-7-9-14(10-8-13)17-23(20,21)16-6-5-11-22-16/h5-11,17H,3-4,12H2,1-2H3. The zero-order valence-corrected chi connectivity index (χ0v) is 14.8. The van der Waals surface area contributed by atoms with Crippen LogP contribution >= 0.6 is 11.3 Å². The molecule has 124 valence electrons. The van der Waals surface area contributed by atoms with Crippen LogP contribution in [0.2, 0.25) is 0 Å². The Hall–Kier alpha value is -1.86. The summed E-state index contributed by atoms with van der Waals surface area (Å²) in [7, 11) is -3.53. The molecule has 2 rings (SSSR count). The first-order chi connectivity index (χ1) is 11.0. The Balaban J connectivity index is 2.04. The molecule has 1 aromatic heterocycles. The molecule has 0 saturated carbocycles. The van der Waals surface area contributed by atoms with Gasteiger partial charge in [-0.05, 0) is 43.0 Å². The molecule has 0 fully saturated rings. The average Bonchev–Trinajstić information content (AvgIpc) is 3.05. The van der Waals surface area contributed by atoms with Crippen LogP contribution < -0.4 is 4.72 Å². The molecule has 7 heteroatoms. The van der Waals surface area contributed by atoms with Crippen molar-refractivity contribution in [2.75, 3.05) is 17.8 Å². The maximum Gasteiger partial charge on any atom is 0.271 e. The van der Waals surface area contributed by atoms with Crippen LogP contribution in [0.4, 0.5) is 5.69 Å². The lowest BCUT2D eigenvalue weighted by atomic mass is 10.1. The Bertz CT molecular complexity index is 734. The maximum atomic E-state index is 12.1. The quantitative estimate of drug-likeness (QED) is 0.833. The summed E-state index contributed by atoms with van der Waals surface area (Å²) in [6.07, 6.45) is 0.319. The number of nitrogens with one attached hydrogen (secondary N) is 1. The Kier molecular flexibility index (Phi) is 5.79. The number of anilines is 1. The number of amides is 1. The van der Waals surface area contributed by atoms with Gasteiger partial charge in [0.05, 0.1) is 6.42 Å². The van der Waals surface area contributed by atoms with E-state index in [0.717, 1.165) is 5.56 Å². The first kappa shape index (κ1) is 17.5. The summed E-state index contributed by atoms with van der Waals surface area (Å²) in [4.78, 5) is 13.8. The second-order valence-corrected chi connectivity index (χ2v) is 7.83. The predicted octanol–water partition coefficient (Wildman–Crippen LogP) is 2.96. The second kappa shape index (κ2) is 7.61. The van der Waals surface area contributed by atoms with Gasteiger partial charge in [0.1, 0.15) is 4.21 Å². The normalized spacial score (nSPS) is 11.2. The van der Waals surface area contributed by atoms with Gasteiger partial charge in [-0.2, -0.15) is 0 Å². The van der Waals surface area contributed by atoms with E-state index < -0.39 is 10.0 Å².